The number of fused-ring (bicyclic) bond motifs is 1. The van der Waals surface area contributed by atoms with Gasteiger partial charge in [0.15, 0.2) is 0 Å². The fourth-order valence-corrected chi connectivity index (χ4v) is 4.08. The molecule has 3 fully saturated rings. The van der Waals surface area contributed by atoms with Gasteiger partial charge in [0.05, 0.1) is 12.6 Å². The number of nitrogens with one attached hydrogen (secondary N) is 1. The van der Waals surface area contributed by atoms with Gasteiger partial charge in [-0.2, -0.15) is 0 Å². The van der Waals surface area contributed by atoms with Crippen molar-refractivity contribution in [3.05, 3.63) is 0 Å². The predicted octanol–water partition coefficient (Wildman–Crippen LogP) is -0.523. The molecule has 1 aliphatic carbocycles. The normalized spacial score (nSPS) is 39.5. The molecule has 3 atom stereocenters. The third-order valence-corrected chi connectivity index (χ3v) is 5.36. The number of nitrogens with zero attached hydrogens (tertiary/aromatic N) is 1. The lowest BCUT2D eigenvalue weighted by Crippen LogP contribution is -2.83. The Hall–Kier alpha value is -1.14. The lowest BCUT2D eigenvalue weighted by Gasteiger charge is -2.65. The van der Waals surface area contributed by atoms with E-state index in [0.717, 1.165) is 19.4 Å². The molecule has 0 spiro atoms. The van der Waals surface area contributed by atoms with Gasteiger partial charge in [0.2, 0.25) is 11.8 Å². The van der Waals surface area contributed by atoms with Crippen LogP contribution in [0.15, 0.2) is 0 Å². The van der Waals surface area contributed by atoms with Crippen LogP contribution in [0.1, 0.15) is 26.7 Å². The van der Waals surface area contributed by atoms with Crippen LogP contribution in [0.5, 0.6) is 0 Å². The van der Waals surface area contributed by atoms with Crippen LogP contribution >= 0.6 is 0 Å². The first-order chi connectivity index (χ1) is 9.39. The average Bonchev–Trinajstić information content (AvgIpc) is 2.45. The molecular formula is C14H23N3O3. The summed E-state index contributed by atoms with van der Waals surface area (Å²) in [5.74, 6) is -0.130. The first kappa shape index (κ1) is 13.8. The zero-order valence-electron chi connectivity index (χ0n) is 12.1. The fraction of sp³-hybridized carbons (Fsp3) is 0.857. The van der Waals surface area contributed by atoms with Crippen molar-refractivity contribution in [3.8, 4) is 0 Å². The highest BCUT2D eigenvalue weighted by Gasteiger charge is 2.70. The van der Waals surface area contributed by atoms with Gasteiger partial charge in [0.1, 0.15) is 5.54 Å². The SMILES string of the molecule is CC1(C)C2OCCCC2C1(N)C(=O)N1CCNC(=O)C1. The Morgan fingerprint density at radius 2 is 2.25 bits per heavy atom. The van der Waals surface area contributed by atoms with Gasteiger partial charge in [0, 0.05) is 31.0 Å². The van der Waals surface area contributed by atoms with E-state index in [2.05, 4.69) is 5.32 Å². The molecule has 3 rings (SSSR count). The summed E-state index contributed by atoms with van der Waals surface area (Å²) in [5, 5.41) is 2.73. The Labute approximate surface area is 119 Å². The van der Waals surface area contributed by atoms with E-state index in [-0.39, 0.29) is 35.8 Å². The average molecular weight is 281 g/mol. The Morgan fingerprint density at radius 1 is 1.50 bits per heavy atom. The molecule has 0 radical (unpaired) electrons. The smallest absolute Gasteiger partial charge is 0.244 e. The minimum absolute atomic E-state index is 0.0591. The largest absolute Gasteiger partial charge is 0.377 e. The predicted molar refractivity (Wildman–Crippen MR) is 72.8 cm³/mol. The van der Waals surface area contributed by atoms with E-state index in [1.165, 1.54) is 0 Å². The Bertz CT molecular complexity index is 451. The van der Waals surface area contributed by atoms with Crippen molar-refractivity contribution in [2.24, 2.45) is 17.1 Å². The van der Waals surface area contributed by atoms with E-state index >= 15 is 0 Å². The molecule has 2 amide bonds. The van der Waals surface area contributed by atoms with Crippen molar-refractivity contribution < 1.29 is 14.3 Å². The van der Waals surface area contributed by atoms with E-state index in [1.807, 2.05) is 13.8 Å². The van der Waals surface area contributed by atoms with Crippen molar-refractivity contribution in [1.82, 2.24) is 10.2 Å². The highest BCUT2D eigenvalue weighted by molar-refractivity contribution is 5.93. The summed E-state index contributed by atoms with van der Waals surface area (Å²) in [7, 11) is 0. The molecule has 3 aliphatic rings. The number of amides is 2. The zero-order valence-corrected chi connectivity index (χ0v) is 12.1. The highest BCUT2D eigenvalue weighted by atomic mass is 16.5. The number of nitrogens with two attached hydrogens (primary N) is 1. The monoisotopic (exact) mass is 281 g/mol. The van der Waals surface area contributed by atoms with Crippen LogP contribution in [0.25, 0.3) is 0 Å². The van der Waals surface area contributed by atoms with E-state index in [0.29, 0.717) is 13.1 Å². The number of piperazine rings is 1. The molecular weight excluding hydrogens is 258 g/mol. The molecule has 2 saturated heterocycles. The van der Waals surface area contributed by atoms with Gasteiger partial charge < -0.3 is 20.7 Å². The summed E-state index contributed by atoms with van der Waals surface area (Å²) in [6.45, 7) is 5.92. The Kier molecular flexibility index (Phi) is 3.06. The highest BCUT2D eigenvalue weighted by Crippen LogP contribution is 2.57. The van der Waals surface area contributed by atoms with Crippen LogP contribution in [-0.4, -0.2) is 54.6 Å². The Morgan fingerprint density at radius 3 is 2.95 bits per heavy atom. The molecule has 3 unspecified atom stereocenters. The third-order valence-electron chi connectivity index (χ3n) is 5.36. The summed E-state index contributed by atoms with van der Waals surface area (Å²) < 4.78 is 5.82. The number of carbonyl (C=O) groups excluding carboxylic acids is 2. The number of hydrogen-bond acceptors (Lipinski definition) is 4. The van der Waals surface area contributed by atoms with Gasteiger partial charge in [-0.15, -0.1) is 0 Å². The lowest BCUT2D eigenvalue weighted by atomic mass is 9.46. The fourth-order valence-electron chi connectivity index (χ4n) is 4.08. The second kappa shape index (κ2) is 4.43. The summed E-state index contributed by atoms with van der Waals surface area (Å²) in [6.07, 6.45) is 1.93. The molecule has 20 heavy (non-hydrogen) atoms. The quantitative estimate of drug-likeness (QED) is 0.677. The van der Waals surface area contributed by atoms with Gasteiger partial charge in [-0.3, -0.25) is 9.59 Å². The van der Waals surface area contributed by atoms with Gasteiger partial charge in [-0.05, 0) is 12.8 Å². The molecule has 6 heteroatoms. The molecule has 6 nitrogen and oxygen atoms in total. The maximum Gasteiger partial charge on any atom is 0.244 e. The molecule has 112 valence electrons. The lowest BCUT2D eigenvalue weighted by molar-refractivity contribution is -0.230. The van der Waals surface area contributed by atoms with Crippen molar-refractivity contribution in [1.29, 1.82) is 0 Å². The van der Waals surface area contributed by atoms with Gasteiger partial charge in [-0.25, -0.2) is 0 Å². The molecule has 0 aromatic heterocycles. The van der Waals surface area contributed by atoms with Crippen LogP contribution < -0.4 is 11.1 Å². The molecule has 1 saturated carbocycles. The van der Waals surface area contributed by atoms with Gasteiger partial charge >= 0.3 is 0 Å². The van der Waals surface area contributed by atoms with Crippen molar-refractivity contribution in [3.63, 3.8) is 0 Å². The second-order valence-electron chi connectivity index (χ2n) is 6.71. The van der Waals surface area contributed by atoms with Gasteiger partial charge in [-0.1, -0.05) is 13.8 Å². The number of hydrogen-bond donors (Lipinski definition) is 2. The maximum atomic E-state index is 12.9. The molecule has 2 aliphatic heterocycles. The van der Waals surface area contributed by atoms with Gasteiger partial charge in [0.25, 0.3) is 0 Å². The van der Waals surface area contributed by atoms with Crippen LogP contribution in [0, 0.1) is 11.3 Å². The maximum absolute atomic E-state index is 12.9. The summed E-state index contributed by atoms with van der Waals surface area (Å²) in [4.78, 5) is 26.0. The van der Waals surface area contributed by atoms with Crippen LogP contribution in [-0.2, 0) is 14.3 Å². The summed E-state index contributed by atoms with van der Waals surface area (Å²) in [5.41, 5.74) is 5.26. The molecule has 0 aromatic carbocycles. The third kappa shape index (κ3) is 1.64. The minimum atomic E-state index is -0.907. The molecule has 2 heterocycles. The Balaban J connectivity index is 1.83. The second-order valence-corrected chi connectivity index (χ2v) is 6.71. The van der Waals surface area contributed by atoms with Crippen molar-refractivity contribution in [2.45, 2.75) is 38.3 Å². The van der Waals surface area contributed by atoms with Crippen LogP contribution in [0.4, 0.5) is 0 Å². The van der Waals surface area contributed by atoms with E-state index in [9.17, 15) is 9.59 Å². The number of ether oxygens (including phenoxy) is 1. The van der Waals surface area contributed by atoms with Crippen LogP contribution in [0.2, 0.25) is 0 Å². The summed E-state index contributed by atoms with van der Waals surface area (Å²) >= 11 is 0. The zero-order chi connectivity index (χ0) is 14.5. The molecule has 0 bridgehead atoms. The molecule has 0 aromatic rings. The first-order valence-corrected chi connectivity index (χ1v) is 7.35. The summed E-state index contributed by atoms with van der Waals surface area (Å²) in [6, 6.07) is 0. The van der Waals surface area contributed by atoms with Crippen molar-refractivity contribution >= 4 is 11.8 Å². The number of carbonyl (C=O) groups is 2. The standard InChI is InChI=1S/C14H23N3O3/c1-13(2)11-9(4-3-7-20-11)14(13,15)12(19)17-6-5-16-10(18)8-17/h9,11H,3-8,15H2,1-2H3,(H,16,18). The van der Waals surface area contributed by atoms with E-state index in [4.69, 9.17) is 10.5 Å². The first-order valence-electron chi connectivity index (χ1n) is 7.35. The van der Waals surface area contributed by atoms with Crippen LogP contribution in [0.3, 0.4) is 0 Å². The number of rotatable bonds is 1. The van der Waals surface area contributed by atoms with E-state index in [1.54, 1.807) is 4.90 Å². The van der Waals surface area contributed by atoms with E-state index < -0.39 is 5.54 Å². The van der Waals surface area contributed by atoms with Crippen molar-refractivity contribution in [2.75, 3.05) is 26.2 Å². The topological polar surface area (TPSA) is 84.7 Å². The minimum Gasteiger partial charge on any atom is -0.377 e. The molecule has 3 N–H and O–H groups in total.